The first-order valence-electron chi connectivity index (χ1n) is 10.9. The van der Waals surface area contributed by atoms with Gasteiger partial charge in [0.2, 0.25) is 5.91 Å². The molecular weight excluding hydrogens is 366 g/mol. The van der Waals surface area contributed by atoms with Gasteiger partial charge in [-0.1, -0.05) is 33.6 Å². The van der Waals surface area contributed by atoms with E-state index in [0.717, 1.165) is 69.4 Å². The highest BCUT2D eigenvalue weighted by atomic mass is 16.2. The van der Waals surface area contributed by atoms with Crippen molar-refractivity contribution >= 4 is 17.4 Å². The third-order valence-electron chi connectivity index (χ3n) is 5.93. The maximum Gasteiger partial charge on any atom is 0.236 e. The second-order valence-corrected chi connectivity index (χ2v) is 9.29. The number of anilines is 1. The van der Waals surface area contributed by atoms with Crippen LogP contribution in [-0.4, -0.2) is 81.3 Å². The van der Waals surface area contributed by atoms with Crippen LogP contribution in [0.3, 0.4) is 0 Å². The quantitative estimate of drug-likeness (QED) is 0.786. The fraction of sp³-hybridized carbons (Fsp3) is 0.714. The number of fused-ring (bicyclic) bond motifs is 1. The van der Waals surface area contributed by atoms with Crippen molar-refractivity contribution in [1.82, 2.24) is 29.6 Å². The predicted octanol–water partition coefficient (Wildman–Crippen LogP) is 1.95. The number of amides is 1. The second kappa shape index (κ2) is 8.26. The van der Waals surface area contributed by atoms with Gasteiger partial charge >= 0.3 is 0 Å². The minimum atomic E-state index is -0.114. The third kappa shape index (κ3) is 4.52. The molecule has 0 spiro atoms. The molecule has 0 N–H and O–H groups in total. The van der Waals surface area contributed by atoms with Crippen molar-refractivity contribution in [3.05, 3.63) is 18.0 Å². The van der Waals surface area contributed by atoms with Crippen LogP contribution in [0.15, 0.2) is 12.1 Å². The molecule has 2 aromatic heterocycles. The van der Waals surface area contributed by atoms with E-state index in [1.54, 1.807) is 0 Å². The Bertz CT molecular complexity index is 840. The summed E-state index contributed by atoms with van der Waals surface area (Å²) in [6.07, 6.45) is 4.80. The van der Waals surface area contributed by atoms with Crippen LogP contribution >= 0.6 is 0 Å². The normalized spacial score (nSPS) is 19.6. The Kier molecular flexibility index (Phi) is 5.72. The van der Waals surface area contributed by atoms with Crippen molar-refractivity contribution in [2.45, 2.75) is 51.9 Å². The van der Waals surface area contributed by atoms with Gasteiger partial charge in [-0.05, 0) is 25.0 Å². The molecule has 8 heteroatoms. The van der Waals surface area contributed by atoms with Gasteiger partial charge < -0.3 is 9.80 Å². The number of aromatic nitrogens is 4. The Balaban J connectivity index is 1.37. The van der Waals surface area contributed by atoms with Crippen molar-refractivity contribution in [2.24, 2.45) is 0 Å². The van der Waals surface area contributed by atoms with Gasteiger partial charge in [0.15, 0.2) is 11.5 Å². The van der Waals surface area contributed by atoms with Crippen molar-refractivity contribution in [3.8, 4) is 0 Å². The summed E-state index contributed by atoms with van der Waals surface area (Å²) in [5.41, 5.74) is 0.664. The Hall–Kier alpha value is -2.22. The Labute approximate surface area is 172 Å². The van der Waals surface area contributed by atoms with Crippen molar-refractivity contribution in [3.63, 3.8) is 0 Å². The molecule has 0 aromatic carbocycles. The van der Waals surface area contributed by atoms with Gasteiger partial charge in [-0.15, -0.1) is 15.3 Å². The fourth-order valence-electron chi connectivity index (χ4n) is 4.16. The second-order valence-electron chi connectivity index (χ2n) is 9.29. The summed E-state index contributed by atoms with van der Waals surface area (Å²) >= 11 is 0. The average molecular weight is 400 g/mol. The van der Waals surface area contributed by atoms with Gasteiger partial charge in [0, 0.05) is 44.7 Å². The van der Waals surface area contributed by atoms with E-state index in [-0.39, 0.29) is 5.41 Å². The molecule has 0 unspecified atom stereocenters. The molecule has 2 fully saturated rings. The molecule has 4 rings (SSSR count). The first-order valence-corrected chi connectivity index (χ1v) is 10.9. The van der Waals surface area contributed by atoms with Crippen LogP contribution in [0.25, 0.3) is 5.65 Å². The van der Waals surface area contributed by atoms with E-state index in [0.29, 0.717) is 12.5 Å². The van der Waals surface area contributed by atoms with Crippen LogP contribution in [0.1, 0.15) is 52.3 Å². The van der Waals surface area contributed by atoms with Crippen LogP contribution in [0.4, 0.5) is 5.82 Å². The molecule has 4 heterocycles. The Morgan fingerprint density at radius 3 is 2.28 bits per heavy atom. The smallest absolute Gasteiger partial charge is 0.236 e. The first-order chi connectivity index (χ1) is 13.9. The largest absolute Gasteiger partial charge is 0.353 e. The minimum absolute atomic E-state index is 0.114. The standard InChI is InChI=1S/C21H33N7O/c1-21(2,3)20-23-22-17-8-9-18(24-28(17)20)26-14-12-25(13-15-26)16-19(29)27-10-6-4-5-7-11-27/h8-9H,4-7,10-16H2,1-3H3. The van der Waals surface area contributed by atoms with E-state index < -0.39 is 0 Å². The zero-order valence-electron chi connectivity index (χ0n) is 18.0. The molecular formula is C21H33N7O. The summed E-state index contributed by atoms with van der Waals surface area (Å²) in [7, 11) is 0. The van der Waals surface area contributed by atoms with Crippen molar-refractivity contribution in [2.75, 3.05) is 50.7 Å². The van der Waals surface area contributed by atoms with Crippen molar-refractivity contribution in [1.29, 1.82) is 0 Å². The van der Waals surface area contributed by atoms with Crippen LogP contribution in [0.5, 0.6) is 0 Å². The van der Waals surface area contributed by atoms with E-state index in [1.165, 1.54) is 12.8 Å². The molecule has 2 aliphatic rings. The van der Waals surface area contributed by atoms with Crippen LogP contribution < -0.4 is 4.90 Å². The van der Waals surface area contributed by atoms with Crippen molar-refractivity contribution < 1.29 is 4.79 Å². The molecule has 0 saturated carbocycles. The summed E-state index contributed by atoms with van der Waals surface area (Å²) < 4.78 is 1.87. The van der Waals surface area contributed by atoms with E-state index >= 15 is 0 Å². The van der Waals surface area contributed by atoms with Gasteiger partial charge in [-0.3, -0.25) is 9.69 Å². The van der Waals surface area contributed by atoms with E-state index in [2.05, 4.69) is 45.7 Å². The number of likely N-dealkylation sites (tertiary alicyclic amines) is 1. The first kappa shape index (κ1) is 20.1. The highest BCUT2D eigenvalue weighted by molar-refractivity contribution is 5.78. The fourth-order valence-corrected chi connectivity index (χ4v) is 4.16. The molecule has 2 aliphatic heterocycles. The Morgan fingerprint density at radius 1 is 0.931 bits per heavy atom. The lowest BCUT2D eigenvalue weighted by Crippen LogP contribution is -2.50. The molecule has 0 aliphatic carbocycles. The zero-order valence-corrected chi connectivity index (χ0v) is 18.0. The van der Waals surface area contributed by atoms with E-state index in [1.807, 2.05) is 16.6 Å². The summed E-state index contributed by atoms with van der Waals surface area (Å²) in [6.45, 7) is 12.3. The summed E-state index contributed by atoms with van der Waals surface area (Å²) in [5, 5.41) is 13.4. The maximum absolute atomic E-state index is 12.7. The van der Waals surface area contributed by atoms with Gasteiger partial charge in [-0.2, -0.15) is 4.52 Å². The lowest BCUT2D eigenvalue weighted by atomic mass is 9.96. The van der Waals surface area contributed by atoms with Crippen LogP contribution in [0.2, 0.25) is 0 Å². The number of rotatable bonds is 3. The lowest BCUT2D eigenvalue weighted by molar-refractivity contribution is -0.132. The molecule has 2 saturated heterocycles. The van der Waals surface area contributed by atoms with Gasteiger partial charge in [0.1, 0.15) is 5.82 Å². The molecule has 0 bridgehead atoms. The summed E-state index contributed by atoms with van der Waals surface area (Å²) in [6, 6.07) is 4.01. The molecule has 158 valence electrons. The third-order valence-corrected chi connectivity index (χ3v) is 5.93. The average Bonchev–Trinajstić information content (AvgIpc) is 2.94. The number of carbonyl (C=O) groups is 1. The van der Waals surface area contributed by atoms with E-state index in [9.17, 15) is 4.79 Å². The SMILES string of the molecule is CC(C)(C)c1nnc2ccc(N3CCN(CC(=O)N4CCCCCC4)CC3)nn12. The van der Waals surface area contributed by atoms with Gasteiger partial charge in [-0.25, -0.2) is 0 Å². The summed E-state index contributed by atoms with van der Waals surface area (Å²) in [4.78, 5) is 19.3. The topological polar surface area (TPSA) is 69.9 Å². The molecule has 29 heavy (non-hydrogen) atoms. The number of hydrogen-bond acceptors (Lipinski definition) is 6. The predicted molar refractivity (Wildman–Crippen MR) is 113 cm³/mol. The minimum Gasteiger partial charge on any atom is -0.353 e. The van der Waals surface area contributed by atoms with Crippen LogP contribution in [0, 0.1) is 0 Å². The molecule has 0 radical (unpaired) electrons. The molecule has 0 atom stereocenters. The monoisotopic (exact) mass is 399 g/mol. The highest BCUT2D eigenvalue weighted by Gasteiger charge is 2.25. The maximum atomic E-state index is 12.7. The van der Waals surface area contributed by atoms with Crippen LogP contribution in [-0.2, 0) is 10.2 Å². The number of nitrogens with zero attached hydrogens (tertiary/aromatic N) is 7. The molecule has 1 amide bonds. The Morgan fingerprint density at radius 2 is 1.62 bits per heavy atom. The number of piperazine rings is 1. The van der Waals surface area contributed by atoms with Gasteiger partial charge in [0.25, 0.3) is 0 Å². The summed E-state index contributed by atoms with van der Waals surface area (Å²) in [5.74, 6) is 2.11. The zero-order chi connectivity index (χ0) is 20.4. The van der Waals surface area contributed by atoms with Gasteiger partial charge in [0.05, 0.1) is 6.54 Å². The lowest BCUT2D eigenvalue weighted by Gasteiger charge is -2.35. The molecule has 2 aromatic rings. The highest BCUT2D eigenvalue weighted by Crippen LogP contribution is 2.22. The molecule has 8 nitrogen and oxygen atoms in total. The van der Waals surface area contributed by atoms with E-state index in [4.69, 9.17) is 5.10 Å². The number of hydrogen-bond donors (Lipinski definition) is 0. The number of carbonyl (C=O) groups excluding carboxylic acids is 1.